The van der Waals surface area contributed by atoms with Crippen molar-refractivity contribution >= 4 is 23.1 Å². The Morgan fingerprint density at radius 3 is 2.42 bits per heavy atom. The highest BCUT2D eigenvalue weighted by Crippen LogP contribution is 2.31. The van der Waals surface area contributed by atoms with Gasteiger partial charge in [-0.3, -0.25) is 9.59 Å². The summed E-state index contributed by atoms with van der Waals surface area (Å²) in [5.41, 5.74) is 0.281. The lowest BCUT2D eigenvalue weighted by molar-refractivity contribution is -0.143. The molecule has 1 aromatic carbocycles. The van der Waals surface area contributed by atoms with Crippen LogP contribution in [0.25, 0.3) is 10.6 Å². The van der Waals surface area contributed by atoms with Crippen LogP contribution >= 0.6 is 11.3 Å². The number of aromatic nitrogens is 1. The van der Waals surface area contributed by atoms with Crippen LogP contribution in [0.3, 0.4) is 0 Å². The Bertz CT molecular complexity index is 738. The van der Waals surface area contributed by atoms with Crippen molar-refractivity contribution in [3.8, 4) is 10.6 Å². The molecule has 0 amide bonds. The molecule has 0 spiro atoms. The van der Waals surface area contributed by atoms with Gasteiger partial charge in [0.2, 0.25) is 0 Å². The normalized spacial score (nSPS) is 12.8. The second-order valence-corrected chi connectivity index (χ2v) is 6.24. The monoisotopic (exact) mass is 357 g/mol. The molecule has 1 heterocycles. The third kappa shape index (κ3) is 4.64. The van der Waals surface area contributed by atoms with Gasteiger partial charge in [0.05, 0.1) is 17.2 Å². The van der Waals surface area contributed by atoms with Crippen LogP contribution < -0.4 is 0 Å². The third-order valence-electron chi connectivity index (χ3n) is 3.34. The molecule has 0 saturated carbocycles. The fourth-order valence-electron chi connectivity index (χ4n) is 2.03. The molecule has 0 aliphatic rings. The maximum absolute atomic E-state index is 12.5. The van der Waals surface area contributed by atoms with E-state index in [1.807, 2.05) is 0 Å². The average molecular weight is 357 g/mol. The summed E-state index contributed by atoms with van der Waals surface area (Å²) in [6.45, 7) is 1.45. The van der Waals surface area contributed by atoms with Crippen LogP contribution in [-0.4, -0.2) is 21.8 Å². The number of alkyl halides is 3. The number of hydrogen-bond acceptors (Lipinski definition) is 4. The number of aliphatic carboxylic acids is 1. The van der Waals surface area contributed by atoms with Gasteiger partial charge in [-0.25, -0.2) is 4.98 Å². The van der Waals surface area contributed by atoms with Gasteiger partial charge in [0, 0.05) is 23.8 Å². The van der Waals surface area contributed by atoms with Gasteiger partial charge >= 0.3 is 12.1 Å². The minimum atomic E-state index is -4.39. The summed E-state index contributed by atoms with van der Waals surface area (Å²) < 4.78 is 37.6. The van der Waals surface area contributed by atoms with E-state index in [1.54, 1.807) is 5.38 Å². The van der Waals surface area contributed by atoms with Gasteiger partial charge in [0.1, 0.15) is 10.8 Å². The van der Waals surface area contributed by atoms with Crippen molar-refractivity contribution in [3.05, 3.63) is 40.9 Å². The number of hydrogen-bond donors (Lipinski definition) is 1. The molecular weight excluding hydrogens is 343 g/mol. The number of halogens is 3. The van der Waals surface area contributed by atoms with E-state index in [9.17, 15) is 22.8 Å². The van der Waals surface area contributed by atoms with Crippen LogP contribution in [0.2, 0.25) is 0 Å². The molecule has 2 rings (SSSR count). The number of rotatable bonds is 6. The van der Waals surface area contributed by atoms with Crippen molar-refractivity contribution in [2.45, 2.75) is 25.9 Å². The van der Waals surface area contributed by atoms with E-state index >= 15 is 0 Å². The van der Waals surface area contributed by atoms with Gasteiger partial charge < -0.3 is 5.11 Å². The number of nitrogens with zero attached hydrogens (tertiary/aromatic N) is 1. The highest BCUT2D eigenvalue weighted by molar-refractivity contribution is 7.13. The Kier molecular flexibility index (Phi) is 5.38. The van der Waals surface area contributed by atoms with E-state index in [1.165, 1.54) is 30.4 Å². The number of carboxylic acid groups (broad SMARTS) is 1. The number of ketones is 1. The molecule has 24 heavy (non-hydrogen) atoms. The molecule has 4 nitrogen and oxygen atoms in total. The summed E-state index contributed by atoms with van der Waals surface area (Å²) in [6, 6.07) is 4.63. The first-order chi connectivity index (χ1) is 11.2. The van der Waals surface area contributed by atoms with Gasteiger partial charge in [0.15, 0.2) is 0 Å². The molecule has 0 saturated heterocycles. The quantitative estimate of drug-likeness (QED) is 0.847. The molecule has 0 aliphatic carbocycles. The van der Waals surface area contributed by atoms with E-state index in [-0.39, 0.29) is 18.6 Å². The van der Waals surface area contributed by atoms with E-state index < -0.39 is 23.6 Å². The smallest absolute Gasteiger partial charge is 0.416 e. The van der Waals surface area contributed by atoms with E-state index in [0.29, 0.717) is 16.3 Å². The average Bonchev–Trinajstić information content (AvgIpc) is 2.94. The maximum atomic E-state index is 12.5. The lowest BCUT2D eigenvalue weighted by atomic mass is 10.0. The summed E-state index contributed by atoms with van der Waals surface area (Å²) in [5, 5.41) is 10.9. The molecule has 8 heteroatoms. The lowest BCUT2D eigenvalue weighted by Crippen LogP contribution is -2.16. The standard InChI is InChI=1S/C16H14F3NO3S/c1-9(15(22)23)6-13(21)7-12-8-24-14(20-12)10-2-4-11(5-3-10)16(17,18)19/h2-5,8-9H,6-7H2,1H3,(H,22,23)/t9-/m1/s1. The predicted molar refractivity (Wildman–Crippen MR) is 82.7 cm³/mol. The Hall–Kier alpha value is -2.22. The van der Waals surface area contributed by atoms with Crippen LogP contribution in [0.4, 0.5) is 13.2 Å². The summed E-state index contributed by atoms with van der Waals surface area (Å²) in [7, 11) is 0. The predicted octanol–water partition coefficient (Wildman–Crippen LogP) is 4.05. The van der Waals surface area contributed by atoms with Crippen molar-refractivity contribution < 1.29 is 27.9 Å². The highest BCUT2D eigenvalue weighted by Gasteiger charge is 2.30. The molecule has 128 valence electrons. The molecule has 0 radical (unpaired) electrons. The molecule has 0 bridgehead atoms. The van der Waals surface area contributed by atoms with E-state index in [2.05, 4.69) is 4.98 Å². The van der Waals surface area contributed by atoms with Crippen LogP contribution in [0, 0.1) is 5.92 Å². The van der Waals surface area contributed by atoms with Crippen molar-refractivity contribution in [3.63, 3.8) is 0 Å². The van der Waals surface area contributed by atoms with Crippen LogP contribution in [0.15, 0.2) is 29.6 Å². The molecule has 0 unspecified atom stereocenters. The third-order valence-corrected chi connectivity index (χ3v) is 4.28. The zero-order chi connectivity index (χ0) is 17.9. The highest BCUT2D eigenvalue weighted by atomic mass is 32.1. The van der Waals surface area contributed by atoms with Crippen molar-refractivity contribution in [2.75, 3.05) is 0 Å². The first-order valence-electron chi connectivity index (χ1n) is 7.03. The van der Waals surface area contributed by atoms with Crippen LogP contribution in [-0.2, 0) is 22.2 Å². The van der Waals surface area contributed by atoms with Gasteiger partial charge in [-0.1, -0.05) is 19.1 Å². The molecule has 1 aromatic heterocycles. The topological polar surface area (TPSA) is 67.3 Å². The second kappa shape index (κ2) is 7.12. The Labute approximate surface area is 140 Å². The van der Waals surface area contributed by atoms with Crippen molar-refractivity contribution in [2.24, 2.45) is 5.92 Å². The first kappa shape index (κ1) is 18.1. The zero-order valence-corrected chi connectivity index (χ0v) is 13.4. The van der Waals surface area contributed by atoms with Gasteiger partial charge in [-0.15, -0.1) is 11.3 Å². The summed E-state index contributed by atoms with van der Waals surface area (Å²) in [4.78, 5) is 26.8. The van der Waals surface area contributed by atoms with Crippen LogP contribution in [0.1, 0.15) is 24.6 Å². The fourth-order valence-corrected chi connectivity index (χ4v) is 2.85. The molecule has 0 fully saturated rings. The minimum absolute atomic E-state index is 0.00869. The largest absolute Gasteiger partial charge is 0.481 e. The Balaban J connectivity index is 2.05. The molecule has 1 atom stereocenters. The number of carbonyl (C=O) groups excluding carboxylic acids is 1. The van der Waals surface area contributed by atoms with E-state index in [0.717, 1.165) is 12.1 Å². The number of benzene rings is 1. The molecule has 1 N–H and O–H groups in total. The van der Waals surface area contributed by atoms with Gasteiger partial charge in [0.25, 0.3) is 0 Å². The zero-order valence-electron chi connectivity index (χ0n) is 12.6. The number of Topliss-reactive ketones (excluding diaryl/α,β-unsaturated/α-hetero) is 1. The molecular formula is C16H14F3NO3S. The van der Waals surface area contributed by atoms with Gasteiger partial charge in [-0.05, 0) is 12.1 Å². The van der Waals surface area contributed by atoms with Crippen molar-refractivity contribution in [1.82, 2.24) is 4.98 Å². The fraction of sp³-hybridized carbons (Fsp3) is 0.312. The summed E-state index contributed by atoms with van der Waals surface area (Å²) in [5.74, 6) is -2.04. The van der Waals surface area contributed by atoms with E-state index in [4.69, 9.17) is 5.11 Å². The number of carboxylic acids is 1. The first-order valence-corrected chi connectivity index (χ1v) is 7.91. The Morgan fingerprint density at radius 1 is 1.25 bits per heavy atom. The minimum Gasteiger partial charge on any atom is -0.481 e. The second-order valence-electron chi connectivity index (χ2n) is 5.38. The molecule has 2 aromatic rings. The maximum Gasteiger partial charge on any atom is 0.416 e. The Morgan fingerprint density at radius 2 is 1.88 bits per heavy atom. The van der Waals surface area contributed by atoms with Crippen molar-refractivity contribution in [1.29, 1.82) is 0 Å². The van der Waals surface area contributed by atoms with Crippen LogP contribution in [0.5, 0.6) is 0 Å². The lowest BCUT2D eigenvalue weighted by Gasteiger charge is -2.06. The molecule has 0 aliphatic heterocycles. The summed E-state index contributed by atoms with van der Waals surface area (Å²) >= 11 is 1.22. The summed E-state index contributed by atoms with van der Waals surface area (Å²) in [6.07, 6.45) is -4.46. The van der Waals surface area contributed by atoms with Gasteiger partial charge in [-0.2, -0.15) is 13.2 Å². The SMILES string of the molecule is C[C@H](CC(=O)Cc1csc(-c2ccc(C(F)(F)F)cc2)n1)C(=O)O. The number of carbonyl (C=O) groups is 2. The number of thiazole rings is 1.